The van der Waals surface area contributed by atoms with Crippen molar-refractivity contribution >= 4 is 0 Å². The fourth-order valence-electron chi connectivity index (χ4n) is 2.56. The van der Waals surface area contributed by atoms with E-state index in [-0.39, 0.29) is 0 Å². The first-order valence-corrected chi connectivity index (χ1v) is 6.66. The molecule has 1 unspecified atom stereocenters. The minimum Gasteiger partial charge on any atom is -0.352 e. The second-order valence-corrected chi connectivity index (χ2v) is 5.24. The molecule has 0 radical (unpaired) electrons. The van der Waals surface area contributed by atoms with Crippen molar-refractivity contribution in [2.24, 2.45) is 13.0 Å². The molecule has 0 aromatic carbocycles. The Balaban J connectivity index is 1.81. The SMILES string of the molecule is Cc1cc(CNCC2CC=CCC2)c(C)n1C. The molecule has 0 saturated heterocycles. The van der Waals surface area contributed by atoms with Gasteiger partial charge in [0.05, 0.1) is 0 Å². The summed E-state index contributed by atoms with van der Waals surface area (Å²) < 4.78 is 2.26. The molecular weight excluding hydrogens is 208 g/mol. The summed E-state index contributed by atoms with van der Waals surface area (Å²) >= 11 is 0. The fraction of sp³-hybridized carbons (Fsp3) is 0.600. The second kappa shape index (κ2) is 5.54. The number of hydrogen-bond acceptors (Lipinski definition) is 1. The van der Waals surface area contributed by atoms with Crippen molar-refractivity contribution < 1.29 is 0 Å². The number of nitrogens with one attached hydrogen (secondary N) is 1. The first-order chi connectivity index (χ1) is 8.18. The molecule has 0 amide bonds. The van der Waals surface area contributed by atoms with E-state index in [1.165, 1.54) is 36.2 Å². The van der Waals surface area contributed by atoms with Gasteiger partial charge in [0.1, 0.15) is 0 Å². The standard InChI is InChI=1S/C15H24N2/c1-12-9-15(13(2)17(12)3)11-16-10-14-7-5-4-6-8-14/h4-5,9,14,16H,6-8,10-11H2,1-3H3. The van der Waals surface area contributed by atoms with Gasteiger partial charge in [0.25, 0.3) is 0 Å². The summed E-state index contributed by atoms with van der Waals surface area (Å²) in [7, 11) is 2.14. The van der Waals surface area contributed by atoms with E-state index in [0.717, 1.165) is 19.0 Å². The number of aromatic nitrogens is 1. The fourth-order valence-corrected chi connectivity index (χ4v) is 2.56. The van der Waals surface area contributed by atoms with Crippen LogP contribution >= 0.6 is 0 Å². The Morgan fingerprint density at radius 1 is 1.35 bits per heavy atom. The lowest BCUT2D eigenvalue weighted by Gasteiger charge is -2.18. The summed E-state index contributed by atoms with van der Waals surface area (Å²) in [6.07, 6.45) is 8.49. The van der Waals surface area contributed by atoms with Crippen LogP contribution in [-0.4, -0.2) is 11.1 Å². The quantitative estimate of drug-likeness (QED) is 0.789. The van der Waals surface area contributed by atoms with Gasteiger partial charge in [-0.15, -0.1) is 0 Å². The normalized spacial score (nSPS) is 19.8. The summed E-state index contributed by atoms with van der Waals surface area (Å²) in [4.78, 5) is 0. The van der Waals surface area contributed by atoms with Crippen LogP contribution in [0.15, 0.2) is 18.2 Å². The summed E-state index contributed by atoms with van der Waals surface area (Å²) in [6, 6.07) is 2.29. The van der Waals surface area contributed by atoms with Crippen molar-refractivity contribution in [2.75, 3.05) is 6.54 Å². The van der Waals surface area contributed by atoms with E-state index in [0.29, 0.717) is 0 Å². The molecule has 2 rings (SSSR count). The van der Waals surface area contributed by atoms with Gasteiger partial charge in [0.15, 0.2) is 0 Å². The van der Waals surface area contributed by atoms with Crippen LogP contribution in [0.25, 0.3) is 0 Å². The van der Waals surface area contributed by atoms with Crippen LogP contribution < -0.4 is 5.32 Å². The molecule has 0 aliphatic heterocycles. The predicted molar refractivity (Wildman–Crippen MR) is 73.1 cm³/mol. The predicted octanol–water partition coefficient (Wildman–Crippen LogP) is 3.09. The summed E-state index contributed by atoms with van der Waals surface area (Å²) in [5.41, 5.74) is 4.18. The van der Waals surface area contributed by atoms with Crippen LogP contribution in [0.3, 0.4) is 0 Å². The first-order valence-electron chi connectivity index (χ1n) is 6.66. The summed E-state index contributed by atoms with van der Waals surface area (Å²) in [6.45, 7) is 6.53. The highest BCUT2D eigenvalue weighted by Gasteiger charge is 2.10. The van der Waals surface area contributed by atoms with Gasteiger partial charge in [0.2, 0.25) is 0 Å². The molecule has 1 aliphatic carbocycles. The van der Waals surface area contributed by atoms with E-state index in [1.807, 2.05) is 0 Å². The molecule has 17 heavy (non-hydrogen) atoms. The molecule has 1 N–H and O–H groups in total. The zero-order valence-corrected chi connectivity index (χ0v) is 11.3. The average molecular weight is 232 g/mol. The molecule has 2 heteroatoms. The van der Waals surface area contributed by atoms with Crippen molar-refractivity contribution in [3.05, 3.63) is 35.2 Å². The van der Waals surface area contributed by atoms with Crippen LogP contribution in [0, 0.1) is 19.8 Å². The Kier molecular flexibility index (Phi) is 4.06. The number of nitrogens with zero attached hydrogens (tertiary/aromatic N) is 1. The first kappa shape index (κ1) is 12.4. The van der Waals surface area contributed by atoms with Crippen molar-refractivity contribution in [1.82, 2.24) is 9.88 Å². The van der Waals surface area contributed by atoms with E-state index in [2.05, 4.69) is 49.0 Å². The van der Waals surface area contributed by atoms with Gasteiger partial charge >= 0.3 is 0 Å². The lowest BCUT2D eigenvalue weighted by molar-refractivity contribution is 0.440. The van der Waals surface area contributed by atoms with Gasteiger partial charge < -0.3 is 9.88 Å². The second-order valence-electron chi connectivity index (χ2n) is 5.24. The minimum absolute atomic E-state index is 0.838. The molecular formula is C15H24N2. The number of allylic oxidation sites excluding steroid dienone is 2. The van der Waals surface area contributed by atoms with Gasteiger partial charge in [0, 0.05) is 25.0 Å². The molecule has 0 saturated carbocycles. The summed E-state index contributed by atoms with van der Waals surface area (Å²) in [5, 5.41) is 3.61. The van der Waals surface area contributed by atoms with E-state index in [4.69, 9.17) is 0 Å². The lowest BCUT2D eigenvalue weighted by atomic mass is 9.94. The molecule has 2 nitrogen and oxygen atoms in total. The van der Waals surface area contributed by atoms with Crippen LogP contribution in [-0.2, 0) is 13.6 Å². The maximum absolute atomic E-state index is 3.61. The number of aryl methyl sites for hydroxylation is 1. The third-order valence-corrected chi connectivity index (χ3v) is 4.01. The van der Waals surface area contributed by atoms with E-state index >= 15 is 0 Å². The Labute approximate surface area is 105 Å². The Morgan fingerprint density at radius 3 is 2.76 bits per heavy atom. The number of rotatable bonds is 4. The van der Waals surface area contributed by atoms with Crippen LogP contribution in [0.2, 0.25) is 0 Å². The topological polar surface area (TPSA) is 17.0 Å². The van der Waals surface area contributed by atoms with E-state index in [9.17, 15) is 0 Å². The monoisotopic (exact) mass is 232 g/mol. The van der Waals surface area contributed by atoms with Crippen molar-refractivity contribution in [2.45, 2.75) is 39.7 Å². The molecule has 1 aromatic heterocycles. The summed E-state index contributed by atoms with van der Waals surface area (Å²) in [5.74, 6) is 0.838. The number of hydrogen-bond donors (Lipinski definition) is 1. The van der Waals surface area contributed by atoms with Gasteiger partial charge in [-0.2, -0.15) is 0 Å². The molecule has 1 aliphatic rings. The maximum atomic E-state index is 3.61. The Hall–Kier alpha value is -1.02. The molecule has 94 valence electrons. The third-order valence-electron chi connectivity index (χ3n) is 4.01. The molecule has 1 atom stereocenters. The molecule has 0 fully saturated rings. The van der Waals surface area contributed by atoms with E-state index in [1.54, 1.807) is 0 Å². The zero-order chi connectivity index (χ0) is 12.3. The van der Waals surface area contributed by atoms with Gasteiger partial charge in [-0.1, -0.05) is 12.2 Å². The third kappa shape index (κ3) is 3.01. The minimum atomic E-state index is 0.838. The highest BCUT2D eigenvalue weighted by Crippen LogP contribution is 2.17. The van der Waals surface area contributed by atoms with Crippen LogP contribution in [0.1, 0.15) is 36.2 Å². The van der Waals surface area contributed by atoms with Crippen molar-refractivity contribution in [3.63, 3.8) is 0 Å². The lowest BCUT2D eigenvalue weighted by Crippen LogP contribution is -2.23. The zero-order valence-electron chi connectivity index (χ0n) is 11.3. The Morgan fingerprint density at radius 2 is 2.18 bits per heavy atom. The van der Waals surface area contributed by atoms with Crippen molar-refractivity contribution in [3.8, 4) is 0 Å². The molecule has 1 heterocycles. The molecule has 0 spiro atoms. The highest BCUT2D eigenvalue weighted by atomic mass is 15.0. The van der Waals surface area contributed by atoms with Crippen LogP contribution in [0.5, 0.6) is 0 Å². The smallest absolute Gasteiger partial charge is 0.0223 e. The molecule has 0 bridgehead atoms. The van der Waals surface area contributed by atoms with E-state index < -0.39 is 0 Å². The molecule has 1 aromatic rings. The maximum Gasteiger partial charge on any atom is 0.0223 e. The average Bonchev–Trinajstić information content (AvgIpc) is 2.59. The van der Waals surface area contributed by atoms with Gasteiger partial charge in [-0.05, 0) is 57.2 Å². The van der Waals surface area contributed by atoms with Gasteiger partial charge in [-0.3, -0.25) is 0 Å². The highest BCUT2D eigenvalue weighted by molar-refractivity contribution is 5.26. The largest absolute Gasteiger partial charge is 0.352 e. The Bertz CT molecular complexity index is 401. The van der Waals surface area contributed by atoms with Gasteiger partial charge in [-0.25, -0.2) is 0 Å². The van der Waals surface area contributed by atoms with Crippen LogP contribution in [0.4, 0.5) is 0 Å². The van der Waals surface area contributed by atoms with Crippen molar-refractivity contribution in [1.29, 1.82) is 0 Å².